The molecule has 0 aromatic rings. The van der Waals surface area contributed by atoms with Crippen LogP contribution in [-0.4, -0.2) is 46.5 Å². The van der Waals surface area contributed by atoms with Crippen LogP contribution < -0.4 is 10.0 Å². The lowest BCUT2D eigenvalue weighted by Crippen LogP contribution is -2.33. The molecule has 5 nitrogen and oxygen atoms in total. The lowest BCUT2D eigenvalue weighted by molar-refractivity contribution is 0.0322. The first-order valence-corrected chi connectivity index (χ1v) is 7.70. The number of ether oxygens (including phenoxy) is 1. The summed E-state index contributed by atoms with van der Waals surface area (Å²) < 4.78 is 30.7. The molecule has 1 heterocycles. The predicted molar refractivity (Wildman–Crippen MR) is 68.4 cm³/mol. The van der Waals surface area contributed by atoms with Gasteiger partial charge in [0.05, 0.1) is 11.9 Å². The number of hydrogen-bond donors (Lipinski definition) is 2. The molecule has 0 spiro atoms. The van der Waals surface area contributed by atoms with Crippen molar-refractivity contribution in [2.75, 3.05) is 32.0 Å². The molecule has 2 N–H and O–H groups in total. The van der Waals surface area contributed by atoms with Crippen LogP contribution in [-0.2, 0) is 14.8 Å². The molecule has 0 aromatic heterocycles. The Labute approximate surface area is 104 Å². The lowest BCUT2D eigenvalue weighted by Gasteiger charge is -2.22. The van der Waals surface area contributed by atoms with Gasteiger partial charge in [-0.1, -0.05) is 6.08 Å². The third-order valence-electron chi connectivity index (χ3n) is 2.62. The van der Waals surface area contributed by atoms with E-state index in [1.54, 1.807) is 0 Å². The van der Waals surface area contributed by atoms with Crippen LogP contribution in [0.3, 0.4) is 0 Å². The van der Waals surface area contributed by atoms with E-state index in [0.717, 1.165) is 25.9 Å². The molecule has 0 bridgehead atoms. The highest BCUT2D eigenvalue weighted by Gasteiger charge is 2.12. The summed E-state index contributed by atoms with van der Waals surface area (Å²) in [4.78, 5) is 0. The lowest BCUT2D eigenvalue weighted by atomic mass is 10.1. The molecular formula is C11H22N2O3S. The molecule has 17 heavy (non-hydrogen) atoms. The first-order valence-electron chi connectivity index (χ1n) is 6.04. The minimum Gasteiger partial charge on any atom is -0.378 e. The fourth-order valence-corrected chi connectivity index (χ4v) is 2.61. The van der Waals surface area contributed by atoms with Crippen LogP contribution in [0.25, 0.3) is 0 Å². The quantitative estimate of drug-likeness (QED) is 0.486. The van der Waals surface area contributed by atoms with Crippen molar-refractivity contribution in [3.05, 3.63) is 12.7 Å². The second kappa shape index (κ2) is 7.81. The zero-order valence-corrected chi connectivity index (χ0v) is 11.0. The van der Waals surface area contributed by atoms with E-state index in [4.69, 9.17) is 4.74 Å². The van der Waals surface area contributed by atoms with Gasteiger partial charge in [-0.25, -0.2) is 13.1 Å². The van der Waals surface area contributed by atoms with Gasteiger partial charge in [-0.3, -0.25) is 0 Å². The molecule has 1 aliphatic rings. The van der Waals surface area contributed by atoms with Gasteiger partial charge in [-0.05, 0) is 32.4 Å². The Bertz CT molecular complexity index is 311. The van der Waals surface area contributed by atoms with Crippen molar-refractivity contribution in [1.82, 2.24) is 10.0 Å². The number of hydrogen-bond acceptors (Lipinski definition) is 4. The SMILES string of the molecule is C=CCS(=O)(=O)NCCCOC1CCNCC1. The van der Waals surface area contributed by atoms with Gasteiger partial charge in [0.2, 0.25) is 10.0 Å². The molecule has 1 rings (SSSR count). The maximum atomic E-state index is 11.3. The van der Waals surface area contributed by atoms with Crippen LogP contribution in [0, 0.1) is 0 Å². The first kappa shape index (κ1) is 14.6. The smallest absolute Gasteiger partial charge is 0.215 e. The average Bonchev–Trinajstić information content (AvgIpc) is 2.30. The highest BCUT2D eigenvalue weighted by Crippen LogP contribution is 2.07. The van der Waals surface area contributed by atoms with Crippen molar-refractivity contribution >= 4 is 10.0 Å². The Morgan fingerprint density at radius 2 is 2.12 bits per heavy atom. The standard InChI is InChI=1S/C11H22N2O3S/c1-2-10-17(14,15)13-6-3-9-16-11-4-7-12-8-5-11/h2,11-13H,1,3-10H2. The van der Waals surface area contributed by atoms with Crippen LogP contribution in [0.4, 0.5) is 0 Å². The van der Waals surface area contributed by atoms with E-state index in [9.17, 15) is 8.42 Å². The molecule has 0 atom stereocenters. The number of sulfonamides is 1. The number of rotatable bonds is 8. The summed E-state index contributed by atoms with van der Waals surface area (Å²) in [6, 6.07) is 0. The van der Waals surface area contributed by atoms with Crippen LogP contribution in [0.5, 0.6) is 0 Å². The normalized spacial score (nSPS) is 18.1. The second-order valence-corrected chi connectivity index (χ2v) is 5.99. The van der Waals surface area contributed by atoms with E-state index >= 15 is 0 Å². The molecule has 1 fully saturated rings. The third-order valence-corrected chi connectivity index (χ3v) is 3.94. The van der Waals surface area contributed by atoms with Gasteiger partial charge in [0.25, 0.3) is 0 Å². The fourth-order valence-electron chi connectivity index (χ4n) is 1.73. The van der Waals surface area contributed by atoms with E-state index < -0.39 is 10.0 Å². The van der Waals surface area contributed by atoms with Gasteiger partial charge in [0, 0.05) is 13.2 Å². The predicted octanol–water partition coefficient (Wildman–Crippen LogP) is 0.251. The Morgan fingerprint density at radius 3 is 2.76 bits per heavy atom. The highest BCUT2D eigenvalue weighted by molar-refractivity contribution is 7.89. The van der Waals surface area contributed by atoms with Gasteiger partial charge < -0.3 is 10.1 Å². The molecular weight excluding hydrogens is 240 g/mol. The molecule has 0 saturated carbocycles. The Kier molecular flexibility index (Phi) is 6.72. The summed E-state index contributed by atoms with van der Waals surface area (Å²) in [5.74, 6) is -0.0256. The third kappa shape index (κ3) is 6.78. The Hall–Kier alpha value is -0.430. The summed E-state index contributed by atoms with van der Waals surface area (Å²) in [7, 11) is -3.17. The van der Waals surface area contributed by atoms with E-state index in [2.05, 4.69) is 16.6 Å². The molecule has 6 heteroatoms. The van der Waals surface area contributed by atoms with Gasteiger partial charge in [-0.15, -0.1) is 6.58 Å². The van der Waals surface area contributed by atoms with E-state index in [-0.39, 0.29) is 5.75 Å². The summed E-state index contributed by atoms with van der Waals surface area (Å²) >= 11 is 0. The van der Waals surface area contributed by atoms with E-state index in [0.29, 0.717) is 25.7 Å². The van der Waals surface area contributed by atoms with E-state index in [1.807, 2.05) is 0 Å². The summed E-state index contributed by atoms with van der Waals surface area (Å²) in [5, 5.41) is 3.27. The number of piperidine rings is 1. The van der Waals surface area contributed by atoms with Crippen molar-refractivity contribution < 1.29 is 13.2 Å². The topological polar surface area (TPSA) is 67.4 Å². The van der Waals surface area contributed by atoms with Gasteiger partial charge in [0.15, 0.2) is 0 Å². The van der Waals surface area contributed by atoms with Crippen molar-refractivity contribution in [3.63, 3.8) is 0 Å². The molecule has 100 valence electrons. The molecule has 1 saturated heterocycles. The van der Waals surface area contributed by atoms with Crippen molar-refractivity contribution in [3.8, 4) is 0 Å². The van der Waals surface area contributed by atoms with Crippen LogP contribution in [0.15, 0.2) is 12.7 Å². The second-order valence-electron chi connectivity index (χ2n) is 4.14. The van der Waals surface area contributed by atoms with E-state index in [1.165, 1.54) is 6.08 Å². The Morgan fingerprint density at radius 1 is 1.41 bits per heavy atom. The number of nitrogens with one attached hydrogen (secondary N) is 2. The first-order chi connectivity index (χ1) is 8.14. The minimum absolute atomic E-state index is 0.0256. The Balaban J connectivity index is 2.02. The summed E-state index contributed by atoms with van der Waals surface area (Å²) in [6.45, 7) is 6.47. The zero-order chi connectivity index (χ0) is 12.6. The highest BCUT2D eigenvalue weighted by atomic mass is 32.2. The molecule has 0 unspecified atom stereocenters. The minimum atomic E-state index is -3.17. The maximum Gasteiger partial charge on any atom is 0.215 e. The van der Waals surface area contributed by atoms with Crippen LogP contribution >= 0.6 is 0 Å². The van der Waals surface area contributed by atoms with Crippen molar-refractivity contribution in [2.24, 2.45) is 0 Å². The van der Waals surface area contributed by atoms with Gasteiger partial charge in [-0.2, -0.15) is 0 Å². The largest absolute Gasteiger partial charge is 0.378 e. The average molecular weight is 262 g/mol. The maximum absolute atomic E-state index is 11.3. The van der Waals surface area contributed by atoms with Crippen molar-refractivity contribution in [1.29, 1.82) is 0 Å². The molecule has 0 aromatic carbocycles. The summed E-state index contributed by atoms with van der Waals surface area (Å²) in [5.41, 5.74) is 0. The van der Waals surface area contributed by atoms with Gasteiger partial charge >= 0.3 is 0 Å². The van der Waals surface area contributed by atoms with Crippen LogP contribution in [0.1, 0.15) is 19.3 Å². The molecule has 0 radical (unpaired) electrons. The zero-order valence-electron chi connectivity index (χ0n) is 10.2. The molecule has 1 aliphatic heterocycles. The van der Waals surface area contributed by atoms with Crippen molar-refractivity contribution in [2.45, 2.75) is 25.4 Å². The summed E-state index contributed by atoms with van der Waals surface area (Å²) in [6.07, 6.45) is 4.51. The molecule has 0 aliphatic carbocycles. The van der Waals surface area contributed by atoms with Crippen LogP contribution in [0.2, 0.25) is 0 Å². The van der Waals surface area contributed by atoms with Gasteiger partial charge in [0.1, 0.15) is 0 Å². The molecule has 0 amide bonds. The monoisotopic (exact) mass is 262 g/mol. The fraction of sp³-hybridized carbons (Fsp3) is 0.818.